The highest BCUT2D eigenvalue weighted by atomic mass is 35.5. The molecule has 2 heterocycles. The van der Waals surface area contributed by atoms with Crippen molar-refractivity contribution in [3.8, 4) is 0 Å². The molecule has 104 valence electrons. The van der Waals surface area contributed by atoms with E-state index < -0.39 is 0 Å². The first kappa shape index (κ1) is 14.5. The Bertz CT molecular complexity index is 598. The second kappa shape index (κ2) is 6.48. The second-order valence-corrected chi connectivity index (χ2v) is 5.00. The number of hydrogen-bond acceptors (Lipinski definition) is 3. The fourth-order valence-electron chi connectivity index (χ4n) is 1.82. The average Bonchev–Trinajstić information content (AvgIpc) is 2.47. The standard InChI is InChI=1S/C15H16ClN3O/c1-3-11-4-5-14(18-7-11)10-19(2)15(20)12-6-13(16)9-17-8-12/h4-9H,3,10H2,1-2H3. The smallest absolute Gasteiger partial charge is 0.255 e. The Morgan fingerprint density at radius 3 is 2.70 bits per heavy atom. The molecule has 0 bridgehead atoms. The molecule has 0 N–H and O–H groups in total. The van der Waals surface area contributed by atoms with Crippen LogP contribution in [-0.4, -0.2) is 27.8 Å². The molecule has 5 heteroatoms. The van der Waals surface area contributed by atoms with Crippen molar-refractivity contribution in [1.29, 1.82) is 0 Å². The lowest BCUT2D eigenvalue weighted by Crippen LogP contribution is -2.26. The van der Waals surface area contributed by atoms with Crippen LogP contribution in [0.25, 0.3) is 0 Å². The van der Waals surface area contributed by atoms with Crippen LogP contribution < -0.4 is 0 Å². The summed E-state index contributed by atoms with van der Waals surface area (Å²) in [6, 6.07) is 5.58. The van der Waals surface area contributed by atoms with Crippen LogP contribution in [0.3, 0.4) is 0 Å². The minimum absolute atomic E-state index is 0.124. The van der Waals surface area contributed by atoms with Crippen LogP contribution in [0.15, 0.2) is 36.8 Å². The van der Waals surface area contributed by atoms with Gasteiger partial charge in [-0.1, -0.05) is 24.6 Å². The molecule has 2 aromatic heterocycles. The van der Waals surface area contributed by atoms with Gasteiger partial charge in [0.2, 0.25) is 0 Å². The highest BCUT2D eigenvalue weighted by molar-refractivity contribution is 6.30. The number of aromatic nitrogens is 2. The Morgan fingerprint density at radius 2 is 2.10 bits per heavy atom. The lowest BCUT2D eigenvalue weighted by Gasteiger charge is -2.16. The van der Waals surface area contributed by atoms with Gasteiger partial charge in [0.15, 0.2) is 0 Å². The first-order valence-electron chi connectivity index (χ1n) is 6.40. The highest BCUT2D eigenvalue weighted by Gasteiger charge is 2.13. The molecule has 0 saturated heterocycles. The molecule has 0 fully saturated rings. The molecule has 0 atom stereocenters. The van der Waals surface area contributed by atoms with E-state index in [1.807, 2.05) is 18.3 Å². The summed E-state index contributed by atoms with van der Waals surface area (Å²) in [5, 5.41) is 0.453. The molecule has 0 unspecified atom stereocenters. The van der Waals surface area contributed by atoms with Crippen molar-refractivity contribution in [3.63, 3.8) is 0 Å². The first-order valence-corrected chi connectivity index (χ1v) is 6.77. The molecule has 0 aliphatic carbocycles. The summed E-state index contributed by atoms with van der Waals surface area (Å²) in [6.07, 6.45) is 5.81. The van der Waals surface area contributed by atoms with Crippen molar-refractivity contribution in [3.05, 3.63) is 58.6 Å². The number of hydrogen-bond donors (Lipinski definition) is 0. The summed E-state index contributed by atoms with van der Waals surface area (Å²) >= 11 is 5.84. The van der Waals surface area contributed by atoms with Crippen molar-refractivity contribution in [1.82, 2.24) is 14.9 Å². The normalized spacial score (nSPS) is 10.3. The van der Waals surface area contributed by atoms with Crippen LogP contribution in [0.1, 0.15) is 28.5 Å². The molecule has 0 saturated carbocycles. The lowest BCUT2D eigenvalue weighted by molar-refractivity contribution is 0.0783. The molecular formula is C15H16ClN3O. The van der Waals surface area contributed by atoms with Gasteiger partial charge in [0.25, 0.3) is 5.91 Å². The maximum absolute atomic E-state index is 12.2. The van der Waals surface area contributed by atoms with Crippen LogP contribution >= 0.6 is 11.6 Å². The van der Waals surface area contributed by atoms with Crippen molar-refractivity contribution >= 4 is 17.5 Å². The quantitative estimate of drug-likeness (QED) is 0.869. The number of halogens is 1. The van der Waals surface area contributed by atoms with Gasteiger partial charge >= 0.3 is 0 Å². The van der Waals surface area contributed by atoms with Gasteiger partial charge < -0.3 is 4.90 Å². The van der Waals surface area contributed by atoms with E-state index in [-0.39, 0.29) is 5.91 Å². The largest absolute Gasteiger partial charge is 0.336 e. The van der Waals surface area contributed by atoms with E-state index in [0.717, 1.165) is 12.1 Å². The lowest BCUT2D eigenvalue weighted by atomic mass is 10.2. The summed E-state index contributed by atoms with van der Waals surface area (Å²) in [4.78, 5) is 22.1. The summed E-state index contributed by atoms with van der Waals surface area (Å²) in [7, 11) is 1.73. The first-order chi connectivity index (χ1) is 9.60. The number of carbonyl (C=O) groups excluding carboxylic acids is 1. The number of carbonyl (C=O) groups is 1. The third-order valence-electron chi connectivity index (χ3n) is 2.99. The van der Waals surface area contributed by atoms with E-state index in [1.165, 1.54) is 18.0 Å². The Morgan fingerprint density at radius 1 is 1.30 bits per heavy atom. The van der Waals surface area contributed by atoms with E-state index >= 15 is 0 Å². The van der Waals surface area contributed by atoms with Gasteiger partial charge in [0, 0.05) is 25.6 Å². The maximum atomic E-state index is 12.2. The maximum Gasteiger partial charge on any atom is 0.255 e. The topological polar surface area (TPSA) is 46.1 Å². The number of nitrogens with zero attached hydrogens (tertiary/aromatic N) is 3. The molecule has 0 radical (unpaired) electrons. The van der Waals surface area contributed by atoms with Crippen molar-refractivity contribution in [2.75, 3.05) is 7.05 Å². The zero-order valence-electron chi connectivity index (χ0n) is 11.5. The summed E-state index contributed by atoms with van der Waals surface area (Å²) in [6.45, 7) is 2.54. The third-order valence-corrected chi connectivity index (χ3v) is 3.20. The summed E-state index contributed by atoms with van der Waals surface area (Å²) < 4.78 is 0. The van der Waals surface area contributed by atoms with Gasteiger partial charge in [0.1, 0.15) is 0 Å². The molecule has 1 amide bonds. The van der Waals surface area contributed by atoms with Crippen molar-refractivity contribution < 1.29 is 4.79 Å². The van der Waals surface area contributed by atoms with Crippen LogP contribution in [0.2, 0.25) is 5.02 Å². The van der Waals surface area contributed by atoms with Gasteiger partial charge in [-0.25, -0.2) is 0 Å². The molecule has 0 spiro atoms. The predicted octanol–water partition coefficient (Wildman–Crippen LogP) is 2.96. The zero-order chi connectivity index (χ0) is 14.5. The zero-order valence-corrected chi connectivity index (χ0v) is 12.3. The van der Waals surface area contributed by atoms with E-state index in [4.69, 9.17) is 11.6 Å². The predicted molar refractivity (Wildman–Crippen MR) is 78.7 cm³/mol. The van der Waals surface area contributed by atoms with Gasteiger partial charge in [-0.2, -0.15) is 0 Å². The minimum atomic E-state index is -0.124. The highest BCUT2D eigenvalue weighted by Crippen LogP contribution is 2.12. The van der Waals surface area contributed by atoms with Gasteiger partial charge in [-0.3, -0.25) is 14.8 Å². The molecule has 2 rings (SSSR count). The van der Waals surface area contributed by atoms with Crippen LogP contribution in [0.5, 0.6) is 0 Å². The number of aryl methyl sites for hydroxylation is 1. The van der Waals surface area contributed by atoms with Crippen LogP contribution in [0, 0.1) is 0 Å². The summed E-state index contributed by atoms with van der Waals surface area (Å²) in [5.74, 6) is -0.124. The molecule has 0 aliphatic heterocycles. The number of pyridine rings is 2. The van der Waals surface area contributed by atoms with Gasteiger partial charge in [0.05, 0.1) is 22.8 Å². The van der Waals surface area contributed by atoms with E-state index in [0.29, 0.717) is 17.1 Å². The Kier molecular flexibility index (Phi) is 4.69. The fourth-order valence-corrected chi connectivity index (χ4v) is 2.00. The third kappa shape index (κ3) is 3.54. The Balaban J connectivity index is 2.07. The van der Waals surface area contributed by atoms with E-state index in [1.54, 1.807) is 18.0 Å². The van der Waals surface area contributed by atoms with Gasteiger partial charge in [-0.05, 0) is 24.1 Å². The Labute approximate surface area is 123 Å². The molecule has 0 aliphatic rings. The van der Waals surface area contributed by atoms with Crippen molar-refractivity contribution in [2.45, 2.75) is 19.9 Å². The number of rotatable bonds is 4. The molecule has 20 heavy (non-hydrogen) atoms. The fraction of sp³-hybridized carbons (Fsp3) is 0.267. The van der Waals surface area contributed by atoms with E-state index in [9.17, 15) is 4.79 Å². The SMILES string of the molecule is CCc1ccc(CN(C)C(=O)c2cncc(Cl)c2)nc1. The van der Waals surface area contributed by atoms with Crippen molar-refractivity contribution in [2.24, 2.45) is 0 Å². The number of amides is 1. The summed E-state index contributed by atoms with van der Waals surface area (Å²) in [5.41, 5.74) is 2.51. The molecular weight excluding hydrogens is 274 g/mol. The average molecular weight is 290 g/mol. The van der Waals surface area contributed by atoms with Crippen LogP contribution in [-0.2, 0) is 13.0 Å². The monoisotopic (exact) mass is 289 g/mol. The molecule has 4 nitrogen and oxygen atoms in total. The molecule has 2 aromatic rings. The Hall–Kier alpha value is -1.94. The molecule has 0 aromatic carbocycles. The van der Waals surface area contributed by atoms with Crippen LogP contribution in [0.4, 0.5) is 0 Å². The minimum Gasteiger partial charge on any atom is -0.336 e. The second-order valence-electron chi connectivity index (χ2n) is 4.56. The van der Waals surface area contributed by atoms with E-state index in [2.05, 4.69) is 16.9 Å². The van der Waals surface area contributed by atoms with Gasteiger partial charge in [-0.15, -0.1) is 0 Å².